The van der Waals surface area contributed by atoms with Crippen molar-refractivity contribution in [1.82, 2.24) is 4.98 Å². The third-order valence-corrected chi connectivity index (χ3v) is 5.82. The number of rotatable bonds is 3. The number of anilines is 1. The van der Waals surface area contributed by atoms with Crippen LogP contribution in [0.25, 0.3) is 0 Å². The van der Waals surface area contributed by atoms with Gasteiger partial charge >= 0.3 is 0 Å². The summed E-state index contributed by atoms with van der Waals surface area (Å²) in [6, 6.07) is 4.03. The van der Waals surface area contributed by atoms with Crippen LogP contribution in [0.1, 0.15) is 0 Å². The minimum Gasteiger partial charge on any atom is -0.263 e. The van der Waals surface area contributed by atoms with Gasteiger partial charge in [-0.05, 0) is 39.5 Å². The molecular weight excluding hydrogens is 331 g/mol. The summed E-state index contributed by atoms with van der Waals surface area (Å²) in [7, 11) is -3.68. The van der Waals surface area contributed by atoms with E-state index in [4.69, 9.17) is 0 Å². The first-order chi connectivity index (χ1) is 7.99. The molecule has 2 rings (SSSR count). The quantitative estimate of drug-likeness (QED) is 0.937. The van der Waals surface area contributed by atoms with E-state index in [1.807, 2.05) is 0 Å². The second kappa shape index (κ2) is 4.71. The topological polar surface area (TPSA) is 59.1 Å². The number of hydrogen-bond donors (Lipinski definition) is 1. The molecule has 0 unspecified atom stereocenters. The molecule has 0 aliphatic heterocycles. The molecular formula is C9H6BrFN2O2S2. The Labute approximate surface area is 110 Å². The summed E-state index contributed by atoms with van der Waals surface area (Å²) < 4.78 is 39.3. The fraction of sp³-hybridized carbons (Fsp3) is 0. The number of hydrogen-bond acceptors (Lipinski definition) is 4. The monoisotopic (exact) mass is 336 g/mol. The highest BCUT2D eigenvalue weighted by Gasteiger charge is 2.19. The molecule has 0 aromatic carbocycles. The lowest BCUT2D eigenvalue weighted by molar-refractivity contribution is 0.602. The molecule has 8 heteroatoms. The van der Waals surface area contributed by atoms with Crippen molar-refractivity contribution in [2.45, 2.75) is 4.21 Å². The maximum Gasteiger partial charge on any atom is 0.273 e. The van der Waals surface area contributed by atoms with E-state index < -0.39 is 15.8 Å². The third-order valence-electron chi connectivity index (χ3n) is 1.79. The van der Waals surface area contributed by atoms with Crippen LogP contribution in [0.2, 0.25) is 0 Å². The third kappa shape index (κ3) is 2.82. The second-order valence-corrected chi connectivity index (χ2v) is 6.67. The highest BCUT2D eigenvalue weighted by atomic mass is 79.9. The number of halogens is 2. The van der Waals surface area contributed by atoms with Crippen LogP contribution in [-0.4, -0.2) is 13.4 Å². The first kappa shape index (κ1) is 12.5. The van der Waals surface area contributed by atoms with E-state index in [2.05, 4.69) is 25.6 Å². The van der Waals surface area contributed by atoms with Crippen molar-refractivity contribution in [1.29, 1.82) is 0 Å². The zero-order valence-electron chi connectivity index (χ0n) is 8.22. The van der Waals surface area contributed by atoms with Crippen LogP contribution in [0.3, 0.4) is 0 Å². The SMILES string of the molecule is O=S(=O)(Nc1ccc(F)cn1)c1sccc1Br. The van der Waals surface area contributed by atoms with E-state index in [0.717, 1.165) is 23.6 Å². The van der Waals surface area contributed by atoms with E-state index in [9.17, 15) is 12.8 Å². The standard InChI is InChI=1S/C9H6BrFN2O2S2/c10-7-3-4-16-9(7)17(14,15)13-8-2-1-6(11)5-12-8/h1-5H,(H,12,13). The van der Waals surface area contributed by atoms with Gasteiger partial charge in [0.05, 0.1) is 6.20 Å². The summed E-state index contributed by atoms with van der Waals surface area (Å²) in [5.74, 6) is -0.447. The average Bonchev–Trinajstić information content (AvgIpc) is 2.68. The van der Waals surface area contributed by atoms with Gasteiger partial charge in [-0.15, -0.1) is 11.3 Å². The van der Waals surface area contributed by atoms with Crippen molar-refractivity contribution < 1.29 is 12.8 Å². The normalized spacial score (nSPS) is 11.4. The van der Waals surface area contributed by atoms with Crippen molar-refractivity contribution >= 4 is 43.1 Å². The van der Waals surface area contributed by atoms with Crippen LogP contribution in [0.4, 0.5) is 10.2 Å². The van der Waals surface area contributed by atoms with Gasteiger partial charge in [0.1, 0.15) is 11.6 Å². The highest BCUT2D eigenvalue weighted by molar-refractivity contribution is 9.10. The lowest BCUT2D eigenvalue weighted by Crippen LogP contribution is -2.12. The molecule has 0 radical (unpaired) electrons. The maximum absolute atomic E-state index is 12.6. The smallest absolute Gasteiger partial charge is 0.263 e. The van der Waals surface area contributed by atoms with Crippen LogP contribution in [0, 0.1) is 5.82 Å². The average molecular weight is 337 g/mol. The molecule has 2 aromatic rings. The fourth-order valence-electron chi connectivity index (χ4n) is 1.09. The molecule has 0 saturated heterocycles. The van der Waals surface area contributed by atoms with E-state index in [0.29, 0.717) is 4.47 Å². The first-order valence-corrected chi connectivity index (χ1v) is 7.52. The minimum atomic E-state index is -3.68. The zero-order chi connectivity index (χ0) is 12.5. The molecule has 0 spiro atoms. The Morgan fingerprint density at radius 3 is 2.65 bits per heavy atom. The number of nitrogens with zero attached hydrogens (tertiary/aromatic N) is 1. The molecule has 0 amide bonds. The van der Waals surface area contributed by atoms with Crippen LogP contribution >= 0.6 is 27.3 Å². The van der Waals surface area contributed by atoms with Crippen LogP contribution < -0.4 is 4.72 Å². The summed E-state index contributed by atoms with van der Waals surface area (Å²) in [4.78, 5) is 3.63. The zero-order valence-corrected chi connectivity index (χ0v) is 11.4. The van der Waals surface area contributed by atoms with Gasteiger partial charge in [-0.1, -0.05) is 0 Å². The maximum atomic E-state index is 12.6. The van der Waals surface area contributed by atoms with Gasteiger partial charge in [0, 0.05) is 4.47 Å². The summed E-state index contributed by atoms with van der Waals surface area (Å²) in [6.45, 7) is 0. The molecule has 0 atom stereocenters. The van der Waals surface area contributed by atoms with Gasteiger partial charge in [-0.2, -0.15) is 0 Å². The molecule has 4 nitrogen and oxygen atoms in total. The van der Waals surface area contributed by atoms with Crippen molar-refractivity contribution in [3.05, 3.63) is 40.1 Å². The lowest BCUT2D eigenvalue weighted by Gasteiger charge is -2.05. The lowest BCUT2D eigenvalue weighted by atomic mass is 10.5. The molecule has 0 fully saturated rings. The Morgan fingerprint density at radius 2 is 2.12 bits per heavy atom. The Bertz CT molecular complexity index is 625. The van der Waals surface area contributed by atoms with Gasteiger partial charge in [-0.25, -0.2) is 17.8 Å². The molecule has 0 aliphatic carbocycles. The van der Waals surface area contributed by atoms with E-state index in [1.54, 1.807) is 11.4 Å². The van der Waals surface area contributed by atoms with E-state index in [1.165, 1.54) is 6.07 Å². The number of aromatic nitrogens is 1. The Kier molecular flexibility index (Phi) is 3.45. The minimum absolute atomic E-state index is 0.0756. The van der Waals surface area contributed by atoms with Gasteiger partial charge in [0.2, 0.25) is 0 Å². The van der Waals surface area contributed by atoms with Crippen LogP contribution in [0.5, 0.6) is 0 Å². The van der Waals surface area contributed by atoms with Crippen LogP contribution in [0.15, 0.2) is 38.5 Å². The molecule has 90 valence electrons. The molecule has 17 heavy (non-hydrogen) atoms. The number of pyridine rings is 1. The largest absolute Gasteiger partial charge is 0.273 e. The highest BCUT2D eigenvalue weighted by Crippen LogP contribution is 2.28. The predicted octanol–water partition coefficient (Wildman–Crippen LogP) is 2.85. The van der Waals surface area contributed by atoms with E-state index >= 15 is 0 Å². The first-order valence-electron chi connectivity index (χ1n) is 4.36. The van der Waals surface area contributed by atoms with Gasteiger partial charge in [0.15, 0.2) is 4.21 Å². The summed E-state index contributed by atoms with van der Waals surface area (Å²) in [5.41, 5.74) is 0. The Balaban J connectivity index is 2.30. The van der Waals surface area contributed by atoms with Crippen molar-refractivity contribution in [2.24, 2.45) is 0 Å². The number of thiophene rings is 1. The predicted molar refractivity (Wildman–Crippen MR) is 67.0 cm³/mol. The Hall–Kier alpha value is -0.990. The van der Waals surface area contributed by atoms with Crippen molar-refractivity contribution in [2.75, 3.05) is 4.72 Å². The summed E-state index contributed by atoms with van der Waals surface area (Å²) >= 11 is 4.22. The molecule has 0 bridgehead atoms. The summed E-state index contributed by atoms with van der Waals surface area (Å²) in [5, 5.41) is 1.65. The van der Waals surface area contributed by atoms with Gasteiger partial charge in [0.25, 0.3) is 10.0 Å². The van der Waals surface area contributed by atoms with E-state index in [-0.39, 0.29) is 10.0 Å². The van der Waals surface area contributed by atoms with Gasteiger partial charge < -0.3 is 0 Å². The molecule has 0 saturated carbocycles. The molecule has 0 aliphatic rings. The number of sulfonamides is 1. The molecule has 2 aromatic heterocycles. The fourth-order valence-corrected chi connectivity index (χ4v) is 4.44. The van der Waals surface area contributed by atoms with Crippen LogP contribution in [-0.2, 0) is 10.0 Å². The second-order valence-electron chi connectivity index (χ2n) is 3.02. The molecule has 1 N–H and O–H groups in total. The van der Waals surface area contributed by atoms with Crippen molar-refractivity contribution in [3.8, 4) is 0 Å². The molecule has 2 heterocycles. The number of nitrogens with one attached hydrogen (secondary N) is 1. The van der Waals surface area contributed by atoms with Crippen molar-refractivity contribution in [3.63, 3.8) is 0 Å². The van der Waals surface area contributed by atoms with Gasteiger partial charge in [-0.3, -0.25) is 4.72 Å². The Morgan fingerprint density at radius 1 is 1.35 bits per heavy atom. The summed E-state index contributed by atoms with van der Waals surface area (Å²) in [6.07, 6.45) is 0.946.